The fraction of sp³-hybridized carbons (Fsp3) is 0.158. The third-order valence-electron chi connectivity index (χ3n) is 3.32. The Labute approximate surface area is 159 Å². The van der Waals surface area contributed by atoms with Crippen LogP contribution in [0.15, 0.2) is 52.5 Å². The van der Waals surface area contributed by atoms with Crippen LogP contribution in [0.25, 0.3) is 6.08 Å². The molecule has 0 fully saturated rings. The fourth-order valence-electron chi connectivity index (χ4n) is 2.21. The van der Waals surface area contributed by atoms with Gasteiger partial charge in [0.25, 0.3) is 5.69 Å². The van der Waals surface area contributed by atoms with Crippen molar-refractivity contribution in [1.82, 2.24) is 0 Å². The summed E-state index contributed by atoms with van der Waals surface area (Å²) < 4.78 is 6.47. The molecule has 0 bridgehead atoms. The summed E-state index contributed by atoms with van der Waals surface area (Å²) in [6, 6.07) is 12.4. The third-order valence-corrected chi connectivity index (χ3v) is 3.81. The second-order valence-electron chi connectivity index (χ2n) is 5.66. The number of halogens is 1. The minimum Gasteiger partial charge on any atom is -0.490 e. The van der Waals surface area contributed by atoms with Crippen LogP contribution in [0.1, 0.15) is 29.8 Å². The average molecular weight is 415 g/mol. The van der Waals surface area contributed by atoms with Gasteiger partial charge in [0.2, 0.25) is 5.78 Å². The van der Waals surface area contributed by atoms with Crippen LogP contribution in [-0.4, -0.2) is 16.8 Å². The maximum absolute atomic E-state index is 12.6. The molecule has 2 aromatic rings. The number of nitro benzene ring substituents is 1. The van der Waals surface area contributed by atoms with E-state index in [-0.39, 0.29) is 22.9 Å². The molecule has 0 heterocycles. The molecule has 0 unspecified atom stereocenters. The zero-order valence-corrected chi connectivity index (χ0v) is 15.7. The average Bonchev–Trinajstić information content (AvgIpc) is 2.61. The van der Waals surface area contributed by atoms with E-state index in [1.54, 1.807) is 18.2 Å². The van der Waals surface area contributed by atoms with Gasteiger partial charge in [-0.05, 0) is 38.1 Å². The molecule has 0 saturated carbocycles. The van der Waals surface area contributed by atoms with Crippen molar-refractivity contribution in [2.45, 2.75) is 20.0 Å². The minimum atomic E-state index is -0.591. The standard InChI is InChI=1S/C19H15BrN2O4/c1-12(2)26-18-7-6-16(20)9-14(18)8-15(11-21)19(23)13-4-3-5-17(10-13)22(24)25/h3-10,12H,1-2H3. The highest BCUT2D eigenvalue weighted by Crippen LogP contribution is 2.27. The Kier molecular flexibility index (Phi) is 6.26. The van der Waals surface area contributed by atoms with Gasteiger partial charge in [-0.3, -0.25) is 14.9 Å². The van der Waals surface area contributed by atoms with Crippen LogP contribution in [0.4, 0.5) is 5.69 Å². The minimum absolute atomic E-state index is 0.0772. The number of hydrogen-bond donors (Lipinski definition) is 0. The van der Waals surface area contributed by atoms with Gasteiger partial charge in [-0.15, -0.1) is 0 Å². The summed E-state index contributed by atoms with van der Waals surface area (Å²) in [5.41, 5.74) is 0.286. The molecule has 0 aromatic heterocycles. The number of allylic oxidation sites excluding steroid dienone is 1. The Hall–Kier alpha value is -2.98. The topological polar surface area (TPSA) is 93.2 Å². The third kappa shape index (κ3) is 4.77. The van der Waals surface area contributed by atoms with Crippen LogP contribution in [0.5, 0.6) is 5.75 Å². The van der Waals surface area contributed by atoms with E-state index in [0.717, 1.165) is 10.5 Å². The molecular weight excluding hydrogens is 400 g/mol. The van der Waals surface area contributed by atoms with E-state index in [1.807, 2.05) is 19.9 Å². The molecule has 7 heteroatoms. The van der Waals surface area contributed by atoms with Crippen LogP contribution in [0, 0.1) is 21.4 Å². The second kappa shape index (κ2) is 8.41. The monoisotopic (exact) mass is 414 g/mol. The van der Waals surface area contributed by atoms with Crippen molar-refractivity contribution in [2.75, 3.05) is 0 Å². The largest absolute Gasteiger partial charge is 0.490 e. The van der Waals surface area contributed by atoms with Crippen molar-refractivity contribution < 1.29 is 14.5 Å². The molecule has 26 heavy (non-hydrogen) atoms. The van der Waals surface area contributed by atoms with E-state index in [4.69, 9.17) is 4.74 Å². The van der Waals surface area contributed by atoms with Gasteiger partial charge in [0.15, 0.2) is 0 Å². The molecule has 6 nitrogen and oxygen atoms in total. The number of nitrogens with zero attached hydrogens (tertiary/aromatic N) is 2. The van der Waals surface area contributed by atoms with E-state index >= 15 is 0 Å². The SMILES string of the molecule is CC(C)Oc1ccc(Br)cc1C=C(C#N)C(=O)c1cccc([N+](=O)[O-])c1. The molecule has 0 aliphatic heterocycles. The summed E-state index contributed by atoms with van der Waals surface area (Å²) in [4.78, 5) is 22.9. The van der Waals surface area contributed by atoms with Crippen molar-refractivity contribution in [3.63, 3.8) is 0 Å². The lowest BCUT2D eigenvalue weighted by Gasteiger charge is -2.13. The van der Waals surface area contributed by atoms with Crippen LogP contribution >= 0.6 is 15.9 Å². The number of hydrogen-bond acceptors (Lipinski definition) is 5. The molecule has 0 atom stereocenters. The van der Waals surface area contributed by atoms with Gasteiger partial charge in [-0.1, -0.05) is 28.1 Å². The number of ketones is 1. The predicted molar refractivity (Wildman–Crippen MR) is 101 cm³/mol. The highest BCUT2D eigenvalue weighted by molar-refractivity contribution is 9.10. The normalized spacial score (nSPS) is 11.1. The molecule has 0 radical (unpaired) electrons. The van der Waals surface area contributed by atoms with Crippen LogP contribution in [0.3, 0.4) is 0 Å². The zero-order chi connectivity index (χ0) is 19.3. The van der Waals surface area contributed by atoms with Gasteiger partial charge in [-0.25, -0.2) is 0 Å². The molecule has 2 rings (SSSR count). The zero-order valence-electron chi connectivity index (χ0n) is 14.1. The summed E-state index contributed by atoms with van der Waals surface area (Å²) in [5, 5.41) is 20.3. The first kappa shape index (κ1) is 19.3. The van der Waals surface area contributed by atoms with Crippen LogP contribution in [0.2, 0.25) is 0 Å². The molecule has 2 aromatic carbocycles. The number of ether oxygens (including phenoxy) is 1. The van der Waals surface area contributed by atoms with Crippen molar-refractivity contribution in [2.24, 2.45) is 0 Å². The van der Waals surface area contributed by atoms with E-state index in [2.05, 4.69) is 15.9 Å². The Morgan fingerprint density at radius 2 is 2.04 bits per heavy atom. The summed E-state index contributed by atoms with van der Waals surface area (Å²) in [6.07, 6.45) is 1.34. The smallest absolute Gasteiger partial charge is 0.270 e. The summed E-state index contributed by atoms with van der Waals surface area (Å²) in [6.45, 7) is 3.74. The quantitative estimate of drug-likeness (QED) is 0.219. The van der Waals surface area contributed by atoms with E-state index in [0.29, 0.717) is 11.3 Å². The lowest BCUT2D eigenvalue weighted by Crippen LogP contribution is -2.07. The summed E-state index contributed by atoms with van der Waals surface area (Å²) in [7, 11) is 0. The van der Waals surface area contributed by atoms with Crippen molar-refractivity contribution >= 4 is 33.5 Å². The Bertz CT molecular complexity index is 929. The first-order chi connectivity index (χ1) is 12.3. The molecule has 132 valence electrons. The molecule has 0 N–H and O–H groups in total. The number of nitriles is 1. The Balaban J connectivity index is 2.47. The van der Waals surface area contributed by atoms with Crippen molar-refractivity contribution in [3.05, 3.63) is 73.8 Å². The summed E-state index contributed by atoms with van der Waals surface area (Å²) >= 11 is 3.35. The van der Waals surface area contributed by atoms with Crippen molar-refractivity contribution in [1.29, 1.82) is 5.26 Å². The Morgan fingerprint density at radius 1 is 1.31 bits per heavy atom. The van der Waals surface area contributed by atoms with Gasteiger partial charge in [-0.2, -0.15) is 5.26 Å². The molecule has 0 aliphatic carbocycles. The van der Waals surface area contributed by atoms with Gasteiger partial charge in [0.05, 0.1) is 11.0 Å². The van der Waals surface area contributed by atoms with E-state index in [1.165, 1.54) is 24.3 Å². The first-order valence-corrected chi connectivity index (χ1v) is 8.48. The predicted octanol–water partition coefficient (Wildman–Crippen LogP) is 4.93. The van der Waals surface area contributed by atoms with Gasteiger partial charge < -0.3 is 4.74 Å². The van der Waals surface area contributed by atoms with Crippen molar-refractivity contribution in [3.8, 4) is 11.8 Å². The lowest BCUT2D eigenvalue weighted by molar-refractivity contribution is -0.384. The molecule has 0 spiro atoms. The Morgan fingerprint density at radius 3 is 2.65 bits per heavy atom. The molecule has 0 amide bonds. The van der Waals surface area contributed by atoms with Gasteiger partial charge >= 0.3 is 0 Å². The fourth-order valence-corrected chi connectivity index (χ4v) is 2.59. The number of carbonyl (C=O) groups excluding carboxylic acids is 1. The van der Waals surface area contributed by atoms with Gasteiger partial charge in [0.1, 0.15) is 17.4 Å². The molecule has 0 saturated heterocycles. The highest BCUT2D eigenvalue weighted by atomic mass is 79.9. The lowest BCUT2D eigenvalue weighted by atomic mass is 10.0. The van der Waals surface area contributed by atoms with Crippen LogP contribution in [-0.2, 0) is 0 Å². The van der Waals surface area contributed by atoms with E-state index < -0.39 is 10.7 Å². The van der Waals surface area contributed by atoms with E-state index in [9.17, 15) is 20.2 Å². The van der Waals surface area contributed by atoms with Crippen LogP contribution < -0.4 is 4.74 Å². The maximum atomic E-state index is 12.6. The first-order valence-electron chi connectivity index (χ1n) is 7.69. The molecule has 0 aliphatic rings. The molecular formula is C19H15BrN2O4. The number of nitro groups is 1. The maximum Gasteiger partial charge on any atom is 0.270 e. The number of benzene rings is 2. The number of carbonyl (C=O) groups is 1. The number of non-ortho nitro benzene ring substituents is 1. The van der Waals surface area contributed by atoms with Gasteiger partial charge in [0, 0.05) is 27.7 Å². The number of Topliss-reactive ketones (excluding diaryl/α,β-unsaturated/α-hetero) is 1. The summed E-state index contributed by atoms with van der Waals surface area (Å²) in [5.74, 6) is -0.0607. The number of rotatable bonds is 6. The second-order valence-corrected chi connectivity index (χ2v) is 6.57. The highest BCUT2D eigenvalue weighted by Gasteiger charge is 2.17.